The molecule has 1 nitrogen and oxygen atoms in total. The van der Waals surface area contributed by atoms with Crippen molar-refractivity contribution in [2.75, 3.05) is 5.88 Å². The summed E-state index contributed by atoms with van der Waals surface area (Å²) in [6.07, 6.45) is 1.40. The van der Waals surface area contributed by atoms with Gasteiger partial charge in [-0.3, -0.25) is 4.79 Å². The fourth-order valence-electron chi connectivity index (χ4n) is 1.29. The maximum Gasteiger partial charge on any atom is 0.137 e. The first kappa shape index (κ1) is 12.7. The lowest BCUT2D eigenvalue weighted by atomic mass is 10.1. The van der Waals surface area contributed by atoms with Crippen LogP contribution < -0.4 is 0 Å². The molecule has 0 aromatic heterocycles. The summed E-state index contributed by atoms with van der Waals surface area (Å²) < 4.78 is 13.6. The van der Waals surface area contributed by atoms with Crippen molar-refractivity contribution in [2.45, 2.75) is 19.3 Å². The molecule has 82 valence electrons. The van der Waals surface area contributed by atoms with Gasteiger partial charge in [-0.1, -0.05) is 15.9 Å². The summed E-state index contributed by atoms with van der Waals surface area (Å²) in [4.78, 5) is 11.4. The number of alkyl halides is 1. The van der Waals surface area contributed by atoms with E-state index in [2.05, 4.69) is 15.9 Å². The van der Waals surface area contributed by atoms with Gasteiger partial charge in [0.05, 0.1) is 0 Å². The van der Waals surface area contributed by atoms with Gasteiger partial charge < -0.3 is 0 Å². The first-order valence-corrected chi connectivity index (χ1v) is 5.97. The fraction of sp³-hybridized carbons (Fsp3) is 0.364. The molecule has 0 saturated carbocycles. The molecule has 0 heterocycles. The number of hydrogen-bond acceptors (Lipinski definition) is 1. The predicted octanol–water partition coefficient (Wildman–Crippen LogP) is 3.72. The first-order valence-electron chi connectivity index (χ1n) is 4.64. The lowest BCUT2D eigenvalue weighted by molar-refractivity contribution is -0.118. The molecule has 4 heteroatoms. The Morgan fingerprint density at radius 3 is 2.73 bits per heavy atom. The highest BCUT2D eigenvalue weighted by Crippen LogP contribution is 2.16. The largest absolute Gasteiger partial charge is 0.299 e. The normalized spacial score (nSPS) is 10.3. The summed E-state index contributed by atoms with van der Waals surface area (Å²) in [6.45, 7) is 0. The van der Waals surface area contributed by atoms with Crippen LogP contribution in [0.4, 0.5) is 4.39 Å². The van der Waals surface area contributed by atoms with Crippen molar-refractivity contribution in [1.29, 1.82) is 0 Å². The van der Waals surface area contributed by atoms with Gasteiger partial charge >= 0.3 is 0 Å². The Bertz CT molecular complexity index is 334. The number of rotatable bonds is 5. The van der Waals surface area contributed by atoms with Crippen molar-refractivity contribution >= 4 is 33.3 Å². The Labute approximate surface area is 102 Å². The lowest BCUT2D eigenvalue weighted by Gasteiger charge is -2.01. The van der Waals surface area contributed by atoms with Crippen LogP contribution in [0.15, 0.2) is 22.7 Å². The number of hydrogen-bond donors (Lipinski definition) is 0. The summed E-state index contributed by atoms with van der Waals surface area (Å²) in [6, 6.07) is 4.50. The molecule has 0 atom stereocenters. The molecule has 1 aromatic carbocycles. The van der Waals surface area contributed by atoms with Crippen LogP contribution in [0, 0.1) is 5.82 Å². The average molecular weight is 294 g/mol. The van der Waals surface area contributed by atoms with Crippen LogP contribution in [-0.4, -0.2) is 11.7 Å². The third kappa shape index (κ3) is 4.76. The molecule has 0 aliphatic heterocycles. The second kappa shape index (κ2) is 6.23. The van der Waals surface area contributed by atoms with E-state index in [9.17, 15) is 9.18 Å². The highest BCUT2D eigenvalue weighted by molar-refractivity contribution is 9.10. The molecular formula is C11H11BrClFO. The maximum absolute atomic E-state index is 13.0. The minimum Gasteiger partial charge on any atom is -0.299 e. The van der Waals surface area contributed by atoms with Crippen molar-refractivity contribution in [3.63, 3.8) is 0 Å². The summed E-state index contributed by atoms with van der Waals surface area (Å²) in [5.41, 5.74) is 0.696. The van der Waals surface area contributed by atoms with Gasteiger partial charge in [0.25, 0.3) is 0 Å². The molecule has 15 heavy (non-hydrogen) atoms. The third-order valence-electron chi connectivity index (χ3n) is 1.91. The zero-order valence-corrected chi connectivity index (χ0v) is 10.4. The highest BCUT2D eigenvalue weighted by atomic mass is 79.9. The van der Waals surface area contributed by atoms with Crippen LogP contribution in [0.2, 0.25) is 0 Å². The predicted molar refractivity (Wildman–Crippen MR) is 62.8 cm³/mol. The number of ketones is 1. The van der Waals surface area contributed by atoms with E-state index in [0.29, 0.717) is 28.8 Å². The van der Waals surface area contributed by atoms with Gasteiger partial charge in [-0.15, -0.1) is 11.6 Å². The van der Waals surface area contributed by atoms with Gasteiger partial charge in [-0.05, 0) is 30.2 Å². The van der Waals surface area contributed by atoms with E-state index >= 15 is 0 Å². The Balaban J connectivity index is 2.60. The van der Waals surface area contributed by atoms with Crippen LogP contribution in [0.5, 0.6) is 0 Å². The lowest BCUT2D eigenvalue weighted by Crippen LogP contribution is -2.03. The summed E-state index contributed by atoms with van der Waals surface area (Å²) in [7, 11) is 0. The fourth-order valence-corrected chi connectivity index (χ4v) is 1.94. The van der Waals surface area contributed by atoms with Gasteiger partial charge in [0.2, 0.25) is 0 Å². The van der Waals surface area contributed by atoms with Crippen molar-refractivity contribution in [3.8, 4) is 0 Å². The summed E-state index contributed by atoms with van der Waals surface area (Å²) in [5, 5.41) is 0. The van der Waals surface area contributed by atoms with Crippen molar-refractivity contribution in [3.05, 3.63) is 34.1 Å². The molecule has 0 spiro atoms. The molecule has 1 aromatic rings. The third-order valence-corrected chi connectivity index (χ3v) is 2.64. The molecule has 0 aliphatic rings. The molecule has 0 aliphatic carbocycles. The van der Waals surface area contributed by atoms with E-state index in [0.717, 1.165) is 0 Å². The molecule has 0 fully saturated rings. The van der Waals surface area contributed by atoms with E-state index in [1.54, 1.807) is 6.07 Å². The number of carbonyl (C=O) groups excluding carboxylic acids is 1. The summed E-state index contributed by atoms with van der Waals surface area (Å²) in [5.74, 6) is 0.246. The molecular weight excluding hydrogens is 282 g/mol. The SMILES string of the molecule is O=C(CCCCl)Cc1cc(F)cc(Br)c1. The molecule has 0 N–H and O–H groups in total. The van der Waals surface area contributed by atoms with E-state index in [-0.39, 0.29) is 18.0 Å². The topological polar surface area (TPSA) is 17.1 Å². The zero-order valence-electron chi connectivity index (χ0n) is 8.10. The second-order valence-corrected chi connectivity index (χ2v) is 4.58. The van der Waals surface area contributed by atoms with Crippen LogP contribution in [0.25, 0.3) is 0 Å². The molecule has 0 radical (unpaired) electrons. The Hall–Kier alpha value is -0.410. The van der Waals surface area contributed by atoms with E-state index < -0.39 is 0 Å². The van der Waals surface area contributed by atoms with Gasteiger partial charge in [0, 0.05) is 23.2 Å². The second-order valence-electron chi connectivity index (χ2n) is 3.29. The smallest absolute Gasteiger partial charge is 0.137 e. The van der Waals surface area contributed by atoms with Crippen molar-refractivity contribution < 1.29 is 9.18 Å². The minimum atomic E-state index is -0.329. The summed E-state index contributed by atoms with van der Waals surface area (Å²) >= 11 is 8.66. The Morgan fingerprint density at radius 1 is 1.40 bits per heavy atom. The van der Waals surface area contributed by atoms with E-state index in [4.69, 9.17) is 11.6 Å². The van der Waals surface area contributed by atoms with Crippen molar-refractivity contribution in [1.82, 2.24) is 0 Å². The quantitative estimate of drug-likeness (QED) is 0.756. The van der Waals surface area contributed by atoms with E-state index in [1.165, 1.54) is 12.1 Å². The first-order chi connectivity index (χ1) is 7.11. The van der Waals surface area contributed by atoms with Crippen LogP contribution in [-0.2, 0) is 11.2 Å². The van der Waals surface area contributed by atoms with Crippen LogP contribution in [0.1, 0.15) is 18.4 Å². The molecule has 0 saturated heterocycles. The molecule has 0 amide bonds. The van der Waals surface area contributed by atoms with E-state index in [1.807, 2.05) is 0 Å². The van der Waals surface area contributed by atoms with Gasteiger partial charge in [-0.25, -0.2) is 4.39 Å². The van der Waals surface area contributed by atoms with Gasteiger partial charge in [-0.2, -0.15) is 0 Å². The van der Waals surface area contributed by atoms with Crippen molar-refractivity contribution in [2.24, 2.45) is 0 Å². The maximum atomic E-state index is 13.0. The van der Waals surface area contributed by atoms with Gasteiger partial charge in [0.15, 0.2) is 0 Å². The number of benzene rings is 1. The highest BCUT2D eigenvalue weighted by Gasteiger charge is 2.05. The molecule has 1 rings (SSSR count). The van der Waals surface area contributed by atoms with Crippen LogP contribution >= 0.6 is 27.5 Å². The monoisotopic (exact) mass is 292 g/mol. The average Bonchev–Trinajstić information content (AvgIpc) is 2.13. The van der Waals surface area contributed by atoms with Crippen LogP contribution in [0.3, 0.4) is 0 Å². The zero-order chi connectivity index (χ0) is 11.3. The standard InChI is InChI=1S/C11H11BrClFO/c12-9-4-8(5-10(14)7-9)6-11(15)2-1-3-13/h4-5,7H,1-3,6H2. The van der Waals surface area contributed by atoms with Gasteiger partial charge in [0.1, 0.15) is 11.6 Å². The minimum absolute atomic E-state index is 0.0909. The number of halogens is 3. The Morgan fingerprint density at radius 2 is 2.13 bits per heavy atom. The molecule has 0 bridgehead atoms. The number of carbonyl (C=O) groups is 1. The Kier molecular flexibility index (Phi) is 5.26. The molecule has 0 unspecified atom stereocenters. The number of Topliss-reactive ketones (excluding diaryl/α,β-unsaturated/α-hetero) is 1.